The molecule has 0 saturated heterocycles. The third-order valence-electron chi connectivity index (χ3n) is 4.53. The number of hydrogen-bond donors (Lipinski definition) is 1. The lowest BCUT2D eigenvalue weighted by molar-refractivity contribution is -0.118. The lowest BCUT2D eigenvalue weighted by Crippen LogP contribution is -2.36. The largest absolute Gasteiger partial charge is 0.328 e. The van der Waals surface area contributed by atoms with E-state index in [4.69, 9.17) is 23.2 Å². The number of allylic oxidation sites excluding steroid dienone is 2. The SMILES string of the molecule is CC1(C)CC(=O)C2=C(C1)Nc1ncnn1[C@H]2c1ccc(Cl)cc1Cl. The molecule has 1 N–H and O–H groups in total. The first-order valence-electron chi connectivity index (χ1n) is 7.73. The van der Waals surface area contributed by atoms with Crippen LogP contribution in [0.4, 0.5) is 5.95 Å². The lowest BCUT2D eigenvalue weighted by atomic mass is 9.73. The molecule has 24 heavy (non-hydrogen) atoms. The quantitative estimate of drug-likeness (QED) is 0.823. The molecule has 0 spiro atoms. The van der Waals surface area contributed by atoms with Gasteiger partial charge in [0.05, 0.1) is 0 Å². The third kappa shape index (κ3) is 2.43. The molecule has 4 rings (SSSR count). The number of fused-ring (bicyclic) bond motifs is 1. The Morgan fingerprint density at radius 1 is 1.29 bits per heavy atom. The molecule has 5 nitrogen and oxygen atoms in total. The molecule has 7 heteroatoms. The average molecular weight is 363 g/mol. The van der Waals surface area contributed by atoms with Gasteiger partial charge in [-0.25, -0.2) is 4.68 Å². The van der Waals surface area contributed by atoms with Gasteiger partial charge in [0, 0.05) is 33.3 Å². The number of rotatable bonds is 1. The van der Waals surface area contributed by atoms with Gasteiger partial charge in [-0.1, -0.05) is 43.1 Å². The number of Topliss-reactive ketones (excluding diaryl/α,β-unsaturated/α-hetero) is 1. The van der Waals surface area contributed by atoms with E-state index in [9.17, 15) is 4.79 Å². The van der Waals surface area contributed by atoms with Crippen LogP contribution in [0.3, 0.4) is 0 Å². The summed E-state index contributed by atoms with van der Waals surface area (Å²) in [6.07, 6.45) is 2.76. The summed E-state index contributed by atoms with van der Waals surface area (Å²) in [6, 6.07) is 4.93. The highest BCUT2D eigenvalue weighted by molar-refractivity contribution is 6.35. The van der Waals surface area contributed by atoms with Crippen molar-refractivity contribution >= 4 is 34.9 Å². The molecule has 1 aliphatic carbocycles. The summed E-state index contributed by atoms with van der Waals surface area (Å²) >= 11 is 12.5. The number of nitrogens with zero attached hydrogens (tertiary/aromatic N) is 3. The van der Waals surface area contributed by atoms with E-state index >= 15 is 0 Å². The molecule has 1 aliphatic heterocycles. The van der Waals surface area contributed by atoms with Crippen molar-refractivity contribution in [2.45, 2.75) is 32.7 Å². The van der Waals surface area contributed by atoms with E-state index in [1.807, 2.05) is 6.07 Å². The zero-order valence-corrected chi connectivity index (χ0v) is 14.8. The molecule has 2 aromatic rings. The van der Waals surface area contributed by atoms with Crippen molar-refractivity contribution in [3.05, 3.63) is 51.4 Å². The van der Waals surface area contributed by atoms with Crippen molar-refractivity contribution in [1.29, 1.82) is 0 Å². The number of carbonyl (C=O) groups excluding carboxylic acids is 1. The van der Waals surface area contributed by atoms with E-state index in [0.29, 0.717) is 22.4 Å². The summed E-state index contributed by atoms with van der Waals surface area (Å²) in [5.41, 5.74) is 2.35. The molecule has 1 aromatic carbocycles. The van der Waals surface area contributed by atoms with Gasteiger partial charge in [-0.05, 0) is 24.0 Å². The van der Waals surface area contributed by atoms with Gasteiger partial charge in [-0.3, -0.25) is 4.79 Å². The molecule has 1 atom stereocenters. The fraction of sp³-hybridized carbons (Fsp3) is 0.353. The van der Waals surface area contributed by atoms with E-state index in [2.05, 4.69) is 29.2 Å². The van der Waals surface area contributed by atoms with Gasteiger partial charge in [0.2, 0.25) is 5.95 Å². The molecule has 0 radical (unpaired) electrons. The van der Waals surface area contributed by atoms with Crippen LogP contribution < -0.4 is 5.32 Å². The Morgan fingerprint density at radius 3 is 2.83 bits per heavy atom. The van der Waals surface area contributed by atoms with Crippen molar-refractivity contribution in [3.8, 4) is 0 Å². The first kappa shape index (κ1) is 15.7. The van der Waals surface area contributed by atoms with Crippen LogP contribution in [-0.2, 0) is 4.79 Å². The topological polar surface area (TPSA) is 59.8 Å². The Kier molecular flexibility index (Phi) is 3.48. The maximum atomic E-state index is 12.9. The van der Waals surface area contributed by atoms with Crippen LogP contribution in [-0.4, -0.2) is 20.5 Å². The molecule has 124 valence electrons. The van der Waals surface area contributed by atoms with Gasteiger partial charge >= 0.3 is 0 Å². The molecule has 0 fully saturated rings. The highest BCUT2D eigenvalue weighted by Gasteiger charge is 2.41. The average Bonchev–Trinajstić information content (AvgIpc) is 2.92. The number of halogens is 2. The maximum Gasteiger partial charge on any atom is 0.226 e. The highest BCUT2D eigenvalue weighted by Crippen LogP contribution is 2.46. The van der Waals surface area contributed by atoms with Crippen molar-refractivity contribution in [3.63, 3.8) is 0 Å². The van der Waals surface area contributed by atoms with E-state index in [1.165, 1.54) is 6.33 Å². The van der Waals surface area contributed by atoms with Gasteiger partial charge in [0.25, 0.3) is 0 Å². The first-order chi connectivity index (χ1) is 11.4. The minimum absolute atomic E-state index is 0.0839. The second-order valence-corrected chi connectivity index (χ2v) is 7.90. The van der Waals surface area contributed by atoms with E-state index in [0.717, 1.165) is 23.3 Å². The van der Waals surface area contributed by atoms with Crippen LogP contribution in [0.15, 0.2) is 35.8 Å². The number of anilines is 1. The highest BCUT2D eigenvalue weighted by atomic mass is 35.5. The molecule has 2 aliphatic rings. The number of nitrogens with one attached hydrogen (secondary N) is 1. The third-order valence-corrected chi connectivity index (χ3v) is 5.09. The maximum absolute atomic E-state index is 12.9. The zero-order chi connectivity index (χ0) is 17.1. The Bertz CT molecular complexity index is 884. The molecule has 0 saturated carbocycles. The second kappa shape index (κ2) is 5.33. The van der Waals surface area contributed by atoms with Crippen LogP contribution in [0.25, 0.3) is 0 Å². The Balaban J connectivity index is 1.93. The van der Waals surface area contributed by atoms with Crippen molar-refractivity contribution < 1.29 is 4.79 Å². The minimum Gasteiger partial charge on any atom is -0.328 e. The van der Waals surface area contributed by atoms with Gasteiger partial charge in [0.1, 0.15) is 12.4 Å². The van der Waals surface area contributed by atoms with Crippen molar-refractivity contribution in [2.24, 2.45) is 5.41 Å². The lowest BCUT2D eigenvalue weighted by Gasteiger charge is -2.38. The summed E-state index contributed by atoms with van der Waals surface area (Å²) < 4.78 is 1.71. The van der Waals surface area contributed by atoms with Gasteiger partial charge < -0.3 is 5.32 Å². The van der Waals surface area contributed by atoms with Gasteiger partial charge in [0.15, 0.2) is 5.78 Å². The summed E-state index contributed by atoms with van der Waals surface area (Å²) in [4.78, 5) is 17.2. The predicted molar refractivity (Wildman–Crippen MR) is 93.3 cm³/mol. The van der Waals surface area contributed by atoms with Crippen LogP contribution in [0.5, 0.6) is 0 Å². The molecule has 1 aromatic heterocycles. The first-order valence-corrected chi connectivity index (χ1v) is 8.49. The smallest absolute Gasteiger partial charge is 0.226 e. The van der Waals surface area contributed by atoms with Crippen LogP contribution in [0.2, 0.25) is 10.0 Å². The normalized spacial score (nSPS) is 22.0. The Labute approximate surface area is 149 Å². The number of carbonyl (C=O) groups is 1. The van der Waals surface area contributed by atoms with Gasteiger partial charge in [-0.2, -0.15) is 10.1 Å². The number of hydrogen-bond acceptors (Lipinski definition) is 4. The summed E-state index contributed by atoms with van der Waals surface area (Å²) in [6.45, 7) is 4.19. The summed E-state index contributed by atoms with van der Waals surface area (Å²) in [5.74, 6) is 0.737. The second-order valence-electron chi connectivity index (χ2n) is 7.05. The fourth-order valence-corrected chi connectivity index (χ4v) is 4.07. The van der Waals surface area contributed by atoms with E-state index in [1.54, 1.807) is 16.8 Å². The molecule has 2 heterocycles. The van der Waals surface area contributed by atoms with Crippen LogP contribution in [0, 0.1) is 5.41 Å². The fourth-order valence-electron chi connectivity index (χ4n) is 3.56. The number of ketones is 1. The molecular weight excluding hydrogens is 347 g/mol. The van der Waals surface area contributed by atoms with E-state index < -0.39 is 0 Å². The van der Waals surface area contributed by atoms with Crippen LogP contribution >= 0.6 is 23.2 Å². The van der Waals surface area contributed by atoms with Crippen molar-refractivity contribution in [1.82, 2.24) is 14.8 Å². The number of benzene rings is 1. The van der Waals surface area contributed by atoms with Crippen molar-refractivity contribution in [2.75, 3.05) is 5.32 Å². The molecule has 0 unspecified atom stereocenters. The summed E-state index contributed by atoms with van der Waals surface area (Å²) in [7, 11) is 0. The Hall–Kier alpha value is -1.85. The Morgan fingerprint density at radius 2 is 2.08 bits per heavy atom. The van der Waals surface area contributed by atoms with E-state index in [-0.39, 0.29) is 17.2 Å². The standard InChI is InChI=1S/C17H16Cl2N4O/c1-17(2)6-12-14(13(24)7-17)15(23-16(22-12)20-8-21-23)10-4-3-9(18)5-11(10)19/h3-5,8,15H,6-7H2,1-2H3,(H,20,21,22)/t15-/m0/s1. The number of aromatic nitrogens is 3. The zero-order valence-electron chi connectivity index (χ0n) is 13.3. The molecular formula is C17H16Cl2N4O. The van der Waals surface area contributed by atoms with Crippen LogP contribution in [0.1, 0.15) is 38.3 Å². The molecule has 0 bridgehead atoms. The predicted octanol–water partition coefficient (Wildman–Crippen LogP) is 4.24. The minimum atomic E-state index is -0.382. The summed E-state index contributed by atoms with van der Waals surface area (Å²) in [5, 5.41) is 8.65. The van der Waals surface area contributed by atoms with Gasteiger partial charge in [-0.15, -0.1) is 0 Å². The molecule has 0 amide bonds. The monoisotopic (exact) mass is 362 g/mol.